The summed E-state index contributed by atoms with van der Waals surface area (Å²) < 4.78 is 0. The molecule has 1 N–H and O–H groups in total. The highest BCUT2D eigenvalue weighted by Crippen LogP contribution is 2.22. The van der Waals surface area contributed by atoms with E-state index in [4.69, 9.17) is 0 Å². The third kappa shape index (κ3) is 5.19. The van der Waals surface area contributed by atoms with Crippen LogP contribution in [0, 0.1) is 5.92 Å². The van der Waals surface area contributed by atoms with Crippen molar-refractivity contribution in [1.82, 2.24) is 5.32 Å². The minimum atomic E-state index is -0.0839. The molecule has 1 fully saturated rings. The van der Waals surface area contributed by atoms with Crippen LogP contribution in [0.3, 0.4) is 0 Å². The molecule has 1 saturated carbocycles. The number of hydrogen-bond donors (Lipinski definition) is 1. The molecule has 1 amide bonds. The van der Waals surface area contributed by atoms with Crippen LogP contribution in [0.25, 0.3) is 0 Å². The smallest absolute Gasteiger partial charge is 0.223 e. The number of carbonyl (C=O) groups excluding carboxylic acids is 1. The lowest BCUT2D eigenvalue weighted by Gasteiger charge is -2.25. The zero-order chi connectivity index (χ0) is 11.3. The second kappa shape index (κ2) is 5.53. The Morgan fingerprint density at radius 2 is 1.47 bits per heavy atom. The van der Waals surface area contributed by atoms with Crippen molar-refractivity contribution in [2.75, 3.05) is 0 Å². The molecule has 0 aromatic carbocycles. The quantitative estimate of drug-likeness (QED) is 0.708. The Hall–Kier alpha value is -0.530. The highest BCUT2D eigenvalue weighted by atomic mass is 16.2. The molecule has 1 rings (SSSR count). The summed E-state index contributed by atoms with van der Waals surface area (Å²) in [6.45, 7) is 6.15. The molecule has 2 heteroatoms. The van der Waals surface area contributed by atoms with Gasteiger partial charge in [0.05, 0.1) is 0 Å². The Labute approximate surface area is 93.8 Å². The van der Waals surface area contributed by atoms with E-state index in [1.807, 2.05) is 20.8 Å². The molecule has 2 nitrogen and oxygen atoms in total. The maximum Gasteiger partial charge on any atom is 0.223 e. The summed E-state index contributed by atoms with van der Waals surface area (Å²) in [6, 6.07) is 0. The van der Waals surface area contributed by atoms with Gasteiger partial charge in [-0.3, -0.25) is 4.79 Å². The van der Waals surface area contributed by atoms with Crippen LogP contribution in [0.5, 0.6) is 0 Å². The van der Waals surface area contributed by atoms with E-state index in [1.165, 1.54) is 32.1 Å². The Bertz CT molecular complexity index is 197. The van der Waals surface area contributed by atoms with Crippen molar-refractivity contribution in [2.45, 2.75) is 71.3 Å². The zero-order valence-corrected chi connectivity index (χ0v) is 10.4. The van der Waals surface area contributed by atoms with E-state index < -0.39 is 0 Å². The van der Waals surface area contributed by atoms with Crippen molar-refractivity contribution in [1.29, 1.82) is 0 Å². The third-order valence-electron chi connectivity index (χ3n) is 2.97. The molecule has 0 radical (unpaired) electrons. The average Bonchev–Trinajstić information content (AvgIpc) is 1.98. The van der Waals surface area contributed by atoms with Gasteiger partial charge in [0.2, 0.25) is 5.91 Å². The first-order valence-electron chi connectivity index (χ1n) is 6.31. The van der Waals surface area contributed by atoms with Gasteiger partial charge in [-0.05, 0) is 33.6 Å². The van der Waals surface area contributed by atoms with Gasteiger partial charge in [-0.1, -0.05) is 32.1 Å². The number of carbonyl (C=O) groups is 1. The summed E-state index contributed by atoms with van der Waals surface area (Å²) in [6.07, 6.45) is 8.58. The molecule has 1 aliphatic carbocycles. The van der Waals surface area contributed by atoms with Crippen molar-refractivity contribution < 1.29 is 4.79 Å². The lowest BCUT2D eigenvalue weighted by molar-refractivity contribution is -0.127. The van der Waals surface area contributed by atoms with E-state index in [-0.39, 0.29) is 17.4 Å². The first-order chi connectivity index (χ1) is 6.99. The van der Waals surface area contributed by atoms with Crippen LogP contribution in [-0.2, 0) is 4.79 Å². The fourth-order valence-corrected chi connectivity index (χ4v) is 2.19. The van der Waals surface area contributed by atoms with Crippen molar-refractivity contribution in [3.05, 3.63) is 0 Å². The van der Waals surface area contributed by atoms with Gasteiger partial charge in [0.1, 0.15) is 0 Å². The van der Waals surface area contributed by atoms with Crippen LogP contribution >= 0.6 is 0 Å². The van der Waals surface area contributed by atoms with Crippen molar-refractivity contribution in [2.24, 2.45) is 5.92 Å². The summed E-state index contributed by atoms with van der Waals surface area (Å²) in [7, 11) is 0. The maximum atomic E-state index is 12.0. The van der Waals surface area contributed by atoms with Gasteiger partial charge in [0, 0.05) is 11.5 Å². The highest BCUT2D eigenvalue weighted by molar-refractivity contribution is 5.79. The standard InChI is InChI=1S/C13H25NO/c1-13(2,3)14-12(15)11-9-7-5-4-6-8-10-11/h11H,4-10H2,1-3H3,(H,14,15). The van der Waals surface area contributed by atoms with E-state index in [2.05, 4.69) is 5.32 Å². The first-order valence-corrected chi connectivity index (χ1v) is 6.31. The van der Waals surface area contributed by atoms with Crippen LogP contribution < -0.4 is 5.32 Å². The molecule has 0 saturated heterocycles. The fraction of sp³-hybridized carbons (Fsp3) is 0.923. The highest BCUT2D eigenvalue weighted by Gasteiger charge is 2.22. The molecular formula is C13H25NO. The molecule has 0 spiro atoms. The van der Waals surface area contributed by atoms with Crippen molar-refractivity contribution >= 4 is 5.91 Å². The van der Waals surface area contributed by atoms with Crippen LogP contribution in [0.4, 0.5) is 0 Å². The third-order valence-corrected chi connectivity index (χ3v) is 2.97. The summed E-state index contributed by atoms with van der Waals surface area (Å²) in [5.74, 6) is 0.536. The Balaban J connectivity index is 2.42. The fourth-order valence-electron chi connectivity index (χ4n) is 2.19. The maximum absolute atomic E-state index is 12.0. The van der Waals surface area contributed by atoms with Gasteiger partial charge in [-0.2, -0.15) is 0 Å². The van der Waals surface area contributed by atoms with Gasteiger partial charge >= 0.3 is 0 Å². The Morgan fingerprint density at radius 1 is 1.00 bits per heavy atom. The summed E-state index contributed by atoms with van der Waals surface area (Å²) >= 11 is 0. The minimum absolute atomic E-state index is 0.0839. The predicted octanol–water partition coefficient (Wildman–Crippen LogP) is 3.26. The molecule has 0 aliphatic heterocycles. The normalized spacial score (nSPS) is 20.5. The zero-order valence-electron chi connectivity index (χ0n) is 10.4. The monoisotopic (exact) mass is 211 g/mol. The minimum Gasteiger partial charge on any atom is -0.351 e. The molecule has 0 atom stereocenters. The lowest BCUT2D eigenvalue weighted by Crippen LogP contribution is -2.44. The second-order valence-electron chi connectivity index (χ2n) is 5.78. The van der Waals surface area contributed by atoms with Crippen molar-refractivity contribution in [3.63, 3.8) is 0 Å². The molecule has 15 heavy (non-hydrogen) atoms. The lowest BCUT2D eigenvalue weighted by atomic mass is 9.90. The number of hydrogen-bond acceptors (Lipinski definition) is 1. The van der Waals surface area contributed by atoms with E-state index in [9.17, 15) is 4.79 Å². The van der Waals surface area contributed by atoms with E-state index in [1.54, 1.807) is 0 Å². The molecule has 1 aliphatic rings. The number of nitrogens with one attached hydrogen (secondary N) is 1. The van der Waals surface area contributed by atoms with Gasteiger partial charge in [0.25, 0.3) is 0 Å². The topological polar surface area (TPSA) is 29.1 Å². The molecule has 0 aromatic rings. The average molecular weight is 211 g/mol. The predicted molar refractivity (Wildman–Crippen MR) is 63.7 cm³/mol. The van der Waals surface area contributed by atoms with Gasteiger partial charge in [-0.25, -0.2) is 0 Å². The van der Waals surface area contributed by atoms with E-state index in [0.717, 1.165) is 12.8 Å². The summed E-state index contributed by atoms with van der Waals surface area (Å²) in [5.41, 5.74) is -0.0839. The van der Waals surface area contributed by atoms with Crippen molar-refractivity contribution in [3.8, 4) is 0 Å². The Kier molecular flexibility index (Phi) is 4.62. The van der Waals surface area contributed by atoms with E-state index in [0.29, 0.717) is 0 Å². The molecular weight excluding hydrogens is 186 g/mol. The van der Waals surface area contributed by atoms with Crippen LogP contribution in [0.2, 0.25) is 0 Å². The molecule has 88 valence electrons. The van der Waals surface area contributed by atoms with E-state index >= 15 is 0 Å². The van der Waals surface area contributed by atoms with Crippen LogP contribution in [0.15, 0.2) is 0 Å². The number of rotatable bonds is 1. The summed E-state index contributed by atoms with van der Waals surface area (Å²) in [5, 5.41) is 3.10. The largest absolute Gasteiger partial charge is 0.351 e. The summed E-state index contributed by atoms with van der Waals surface area (Å²) in [4.78, 5) is 12.0. The number of amides is 1. The molecule has 0 aromatic heterocycles. The SMILES string of the molecule is CC(C)(C)NC(=O)C1CCCCCCC1. The van der Waals surface area contributed by atoms with Crippen LogP contribution in [-0.4, -0.2) is 11.4 Å². The Morgan fingerprint density at radius 3 is 1.93 bits per heavy atom. The van der Waals surface area contributed by atoms with Gasteiger partial charge in [0.15, 0.2) is 0 Å². The molecule has 0 heterocycles. The molecule has 0 bridgehead atoms. The molecule has 0 unspecified atom stereocenters. The van der Waals surface area contributed by atoms with Gasteiger partial charge < -0.3 is 5.32 Å². The van der Waals surface area contributed by atoms with Gasteiger partial charge in [-0.15, -0.1) is 0 Å². The van der Waals surface area contributed by atoms with Crippen LogP contribution in [0.1, 0.15) is 65.7 Å². The first kappa shape index (κ1) is 12.5. The second-order valence-corrected chi connectivity index (χ2v) is 5.78.